The standard InChI is InChI=1S/C14H25N3O2/c1-14(18,9-11-5-6-11)13-12(19-4)10-15-17(13)8-7-16(2)3/h10-11,18H,5-9H2,1-4H3. The summed E-state index contributed by atoms with van der Waals surface area (Å²) in [6.45, 7) is 3.51. The van der Waals surface area contributed by atoms with Crippen LogP contribution in [0.4, 0.5) is 0 Å². The lowest BCUT2D eigenvalue weighted by atomic mass is 9.94. The van der Waals surface area contributed by atoms with Crippen LogP contribution < -0.4 is 4.74 Å². The molecule has 0 amide bonds. The zero-order valence-corrected chi connectivity index (χ0v) is 12.4. The average molecular weight is 267 g/mol. The van der Waals surface area contributed by atoms with E-state index in [1.54, 1.807) is 13.3 Å². The zero-order valence-electron chi connectivity index (χ0n) is 12.4. The first kappa shape index (κ1) is 14.3. The number of hydrogen-bond donors (Lipinski definition) is 1. The molecule has 0 aromatic carbocycles. The van der Waals surface area contributed by atoms with Crippen molar-refractivity contribution in [1.82, 2.24) is 14.7 Å². The number of aliphatic hydroxyl groups is 1. The smallest absolute Gasteiger partial charge is 0.162 e. The largest absolute Gasteiger partial charge is 0.493 e. The first-order valence-corrected chi connectivity index (χ1v) is 6.91. The van der Waals surface area contributed by atoms with Gasteiger partial charge in [0.25, 0.3) is 0 Å². The van der Waals surface area contributed by atoms with Crippen LogP contribution in [-0.2, 0) is 12.1 Å². The van der Waals surface area contributed by atoms with Crippen LogP contribution in [0.3, 0.4) is 0 Å². The van der Waals surface area contributed by atoms with Crippen molar-refractivity contribution in [2.45, 2.75) is 38.3 Å². The van der Waals surface area contributed by atoms with Crippen molar-refractivity contribution in [1.29, 1.82) is 0 Å². The van der Waals surface area contributed by atoms with Gasteiger partial charge >= 0.3 is 0 Å². The van der Waals surface area contributed by atoms with Crippen molar-refractivity contribution >= 4 is 0 Å². The van der Waals surface area contributed by atoms with Crippen LogP contribution in [0.5, 0.6) is 5.75 Å². The topological polar surface area (TPSA) is 50.5 Å². The van der Waals surface area contributed by atoms with Crippen LogP contribution in [0.1, 0.15) is 31.9 Å². The van der Waals surface area contributed by atoms with Gasteiger partial charge in [-0.15, -0.1) is 0 Å². The maximum absolute atomic E-state index is 10.8. The minimum Gasteiger partial charge on any atom is -0.493 e. The van der Waals surface area contributed by atoms with Crippen LogP contribution in [0, 0.1) is 5.92 Å². The van der Waals surface area contributed by atoms with E-state index in [-0.39, 0.29) is 0 Å². The van der Waals surface area contributed by atoms with E-state index < -0.39 is 5.60 Å². The van der Waals surface area contributed by atoms with E-state index in [1.165, 1.54) is 12.8 Å². The molecule has 1 fully saturated rings. The predicted molar refractivity (Wildman–Crippen MR) is 74.2 cm³/mol. The van der Waals surface area contributed by atoms with E-state index in [2.05, 4.69) is 10.00 Å². The Labute approximate surface area is 115 Å². The first-order chi connectivity index (χ1) is 8.94. The Kier molecular flexibility index (Phi) is 4.16. The summed E-state index contributed by atoms with van der Waals surface area (Å²) >= 11 is 0. The van der Waals surface area contributed by atoms with Crippen LogP contribution in [0.15, 0.2) is 6.20 Å². The van der Waals surface area contributed by atoms with Crippen LogP contribution in [-0.4, -0.2) is 47.5 Å². The number of hydrogen-bond acceptors (Lipinski definition) is 4. The van der Waals surface area contributed by atoms with Gasteiger partial charge in [0.15, 0.2) is 5.75 Å². The quantitative estimate of drug-likeness (QED) is 0.812. The highest BCUT2D eigenvalue weighted by atomic mass is 16.5. The molecule has 19 heavy (non-hydrogen) atoms. The third-order valence-electron chi connectivity index (χ3n) is 3.68. The maximum atomic E-state index is 10.8. The van der Waals surface area contributed by atoms with Gasteiger partial charge in [-0.1, -0.05) is 12.8 Å². The molecule has 1 aromatic rings. The fourth-order valence-corrected chi connectivity index (χ4v) is 2.51. The van der Waals surface area contributed by atoms with Crippen molar-refractivity contribution in [3.05, 3.63) is 11.9 Å². The molecule has 5 heteroatoms. The van der Waals surface area contributed by atoms with E-state index >= 15 is 0 Å². The summed E-state index contributed by atoms with van der Waals surface area (Å²) in [7, 11) is 5.69. The van der Waals surface area contributed by atoms with Crippen molar-refractivity contribution in [2.75, 3.05) is 27.7 Å². The second-order valence-corrected chi connectivity index (χ2v) is 6.01. The molecular weight excluding hydrogens is 242 g/mol. The number of aromatic nitrogens is 2. The molecule has 1 N–H and O–H groups in total. The average Bonchev–Trinajstić information content (AvgIpc) is 3.02. The van der Waals surface area contributed by atoms with E-state index in [0.29, 0.717) is 11.7 Å². The molecule has 0 radical (unpaired) electrons. The molecule has 0 bridgehead atoms. The molecule has 1 aliphatic carbocycles. The molecule has 1 aliphatic rings. The number of ether oxygens (including phenoxy) is 1. The Bertz CT molecular complexity index is 422. The molecule has 1 unspecified atom stereocenters. The summed E-state index contributed by atoms with van der Waals surface area (Å²) in [5.74, 6) is 1.33. The van der Waals surface area contributed by atoms with Gasteiger partial charge in [0.05, 0.1) is 19.9 Å². The molecule has 0 saturated heterocycles. The highest BCUT2D eigenvalue weighted by molar-refractivity contribution is 5.30. The van der Waals surface area contributed by atoms with E-state index in [0.717, 1.165) is 25.2 Å². The van der Waals surface area contributed by atoms with Crippen molar-refractivity contribution in [3.63, 3.8) is 0 Å². The Morgan fingerprint density at radius 2 is 2.21 bits per heavy atom. The SMILES string of the molecule is COc1cnn(CCN(C)C)c1C(C)(O)CC1CC1. The van der Waals surface area contributed by atoms with Gasteiger partial charge < -0.3 is 14.7 Å². The number of nitrogens with zero attached hydrogens (tertiary/aromatic N) is 3. The third kappa shape index (κ3) is 3.48. The van der Waals surface area contributed by atoms with Gasteiger partial charge in [-0.3, -0.25) is 4.68 Å². The minimum atomic E-state index is -0.866. The predicted octanol–water partition coefficient (Wildman–Crippen LogP) is 1.46. The molecule has 108 valence electrons. The fourth-order valence-electron chi connectivity index (χ4n) is 2.51. The normalized spacial score (nSPS) is 18.6. The summed E-state index contributed by atoms with van der Waals surface area (Å²) < 4.78 is 7.24. The maximum Gasteiger partial charge on any atom is 0.162 e. The first-order valence-electron chi connectivity index (χ1n) is 6.91. The number of likely N-dealkylation sites (N-methyl/N-ethyl adjacent to an activating group) is 1. The Morgan fingerprint density at radius 3 is 2.74 bits per heavy atom. The lowest BCUT2D eigenvalue weighted by Gasteiger charge is -2.26. The van der Waals surface area contributed by atoms with Crippen LogP contribution in [0.25, 0.3) is 0 Å². The third-order valence-corrected chi connectivity index (χ3v) is 3.68. The lowest BCUT2D eigenvalue weighted by Crippen LogP contribution is -2.29. The lowest BCUT2D eigenvalue weighted by molar-refractivity contribution is 0.0297. The van der Waals surface area contributed by atoms with Crippen molar-refractivity contribution < 1.29 is 9.84 Å². The van der Waals surface area contributed by atoms with Gasteiger partial charge in [0, 0.05) is 6.54 Å². The Morgan fingerprint density at radius 1 is 1.53 bits per heavy atom. The summed E-state index contributed by atoms with van der Waals surface area (Å²) in [6, 6.07) is 0. The molecule has 1 atom stereocenters. The summed E-state index contributed by atoms with van der Waals surface area (Å²) in [5, 5.41) is 15.1. The van der Waals surface area contributed by atoms with Crippen molar-refractivity contribution in [2.24, 2.45) is 5.92 Å². The molecular formula is C14H25N3O2. The van der Waals surface area contributed by atoms with Gasteiger partial charge in [-0.25, -0.2) is 0 Å². The number of methoxy groups -OCH3 is 1. The molecule has 1 aromatic heterocycles. The second kappa shape index (κ2) is 5.51. The van der Waals surface area contributed by atoms with E-state index in [1.807, 2.05) is 25.7 Å². The molecule has 0 aliphatic heterocycles. The van der Waals surface area contributed by atoms with Gasteiger partial charge in [0.2, 0.25) is 0 Å². The summed E-state index contributed by atoms with van der Waals surface area (Å²) in [4.78, 5) is 2.10. The molecule has 5 nitrogen and oxygen atoms in total. The second-order valence-electron chi connectivity index (χ2n) is 6.01. The van der Waals surface area contributed by atoms with Crippen LogP contribution in [0.2, 0.25) is 0 Å². The highest BCUT2D eigenvalue weighted by Gasteiger charge is 2.37. The molecule has 0 spiro atoms. The monoisotopic (exact) mass is 267 g/mol. The van der Waals surface area contributed by atoms with Gasteiger partial charge in [-0.05, 0) is 33.4 Å². The molecule has 1 saturated carbocycles. The highest BCUT2D eigenvalue weighted by Crippen LogP contribution is 2.42. The molecule has 1 heterocycles. The molecule has 2 rings (SSSR count). The Hall–Kier alpha value is -1.07. The zero-order chi connectivity index (χ0) is 14.0. The fraction of sp³-hybridized carbons (Fsp3) is 0.786. The number of rotatable bonds is 7. The minimum absolute atomic E-state index is 0.650. The van der Waals surface area contributed by atoms with Gasteiger partial charge in [0.1, 0.15) is 11.3 Å². The van der Waals surface area contributed by atoms with Crippen molar-refractivity contribution in [3.8, 4) is 5.75 Å². The summed E-state index contributed by atoms with van der Waals surface area (Å²) in [5.41, 5.74) is -0.0567. The van der Waals surface area contributed by atoms with Crippen LogP contribution >= 0.6 is 0 Å². The Balaban J connectivity index is 2.21. The van der Waals surface area contributed by atoms with E-state index in [4.69, 9.17) is 4.74 Å². The van der Waals surface area contributed by atoms with E-state index in [9.17, 15) is 5.11 Å². The summed E-state index contributed by atoms with van der Waals surface area (Å²) in [6.07, 6.45) is 4.94. The van der Waals surface area contributed by atoms with Gasteiger partial charge in [-0.2, -0.15) is 5.10 Å².